The molecule has 4 saturated carbocycles. The second-order valence-corrected chi connectivity index (χ2v) is 13.0. The van der Waals surface area contributed by atoms with Crippen molar-refractivity contribution in [3.8, 4) is 0 Å². The summed E-state index contributed by atoms with van der Waals surface area (Å²) in [6, 6.07) is 8.16. The van der Waals surface area contributed by atoms with Crippen molar-refractivity contribution in [1.29, 1.82) is 0 Å². The zero-order valence-corrected chi connectivity index (χ0v) is 19.7. The molecule has 0 aromatic heterocycles. The lowest BCUT2D eigenvalue weighted by molar-refractivity contribution is -0.131. The molecule has 5 fully saturated rings. The second kappa shape index (κ2) is 7.79. The molecule has 4 aliphatic carbocycles. The van der Waals surface area contributed by atoms with E-state index in [1.54, 1.807) is 0 Å². The average molecular weight is 445 g/mol. The molecule has 170 valence electrons. The lowest BCUT2D eigenvalue weighted by atomic mass is 9.48. The minimum atomic E-state index is -3.54. The number of benzene rings is 1. The summed E-state index contributed by atoms with van der Waals surface area (Å²) in [7, 11) is -3.54. The summed E-state index contributed by atoms with van der Waals surface area (Å²) >= 11 is 0. The Kier molecular flexibility index (Phi) is 5.35. The van der Waals surface area contributed by atoms with Gasteiger partial charge in [-0.2, -0.15) is 0 Å². The summed E-state index contributed by atoms with van der Waals surface area (Å²) in [5.74, 6) is 3.01. The van der Waals surface area contributed by atoms with Crippen molar-refractivity contribution in [3.05, 3.63) is 29.8 Å². The van der Waals surface area contributed by atoms with Gasteiger partial charge in [-0.15, -0.1) is 0 Å². The Labute approximate surface area is 187 Å². The molecule has 1 aromatic carbocycles. The fraction of sp³-hybridized carbons (Fsp3) is 0.720. The number of carbonyl (C=O) groups is 1. The summed E-state index contributed by atoms with van der Waals surface area (Å²) < 4.78 is 26.4. The number of likely N-dealkylation sites (tertiary alicyclic amines) is 1. The first kappa shape index (κ1) is 21.3. The van der Waals surface area contributed by atoms with E-state index in [0.717, 1.165) is 43.7 Å². The van der Waals surface area contributed by atoms with E-state index in [2.05, 4.69) is 19.1 Å². The van der Waals surface area contributed by atoms with Gasteiger partial charge in [-0.05, 0) is 98.1 Å². The van der Waals surface area contributed by atoms with Gasteiger partial charge < -0.3 is 4.90 Å². The SMILES string of the molecule is C[C@H]1CCCN(C(=O)CN(c2ccc(C34CC5CC(CC(C5)C3)C4)cc2)S(C)(=O)=O)C1. The van der Waals surface area contributed by atoms with Gasteiger partial charge in [0.05, 0.1) is 11.9 Å². The van der Waals surface area contributed by atoms with Crippen LogP contribution in [-0.2, 0) is 20.2 Å². The molecule has 1 aromatic rings. The Morgan fingerprint density at radius 2 is 1.65 bits per heavy atom. The molecule has 1 amide bonds. The summed E-state index contributed by atoms with van der Waals surface area (Å²) in [6.45, 7) is 3.49. The molecule has 1 saturated heterocycles. The van der Waals surface area contributed by atoms with Gasteiger partial charge >= 0.3 is 0 Å². The Balaban J connectivity index is 1.35. The highest BCUT2D eigenvalue weighted by atomic mass is 32.2. The van der Waals surface area contributed by atoms with Crippen LogP contribution in [0, 0.1) is 23.7 Å². The van der Waals surface area contributed by atoms with Gasteiger partial charge in [-0.3, -0.25) is 9.10 Å². The van der Waals surface area contributed by atoms with Crippen LogP contribution in [0.2, 0.25) is 0 Å². The molecular weight excluding hydrogens is 408 g/mol. The molecule has 31 heavy (non-hydrogen) atoms. The average Bonchev–Trinajstić information content (AvgIpc) is 2.70. The maximum atomic E-state index is 12.9. The van der Waals surface area contributed by atoms with Gasteiger partial charge in [0, 0.05) is 13.1 Å². The number of anilines is 1. The van der Waals surface area contributed by atoms with Crippen molar-refractivity contribution in [2.75, 3.05) is 30.2 Å². The van der Waals surface area contributed by atoms with Crippen LogP contribution in [0.25, 0.3) is 0 Å². The number of nitrogens with zero attached hydrogens (tertiary/aromatic N) is 2. The first-order valence-corrected chi connectivity index (χ1v) is 13.9. The smallest absolute Gasteiger partial charge is 0.243 e. The number of hydrogen-bond acceptors (Lipinski definition) is 3. The van der Waals surface area contributed by atoms with E-state index in [0.29, 0.717) is 17.0 Å². The summed E-state index contributed by atoms with van der Waals surface area (Å²) in [6.07, 6.45) is 11.4. The van der Waals surface area contributed by atoms with Crippen LogP contribution in [-0.4, -0.2) is 45.1 Å². The van der Waals surface area contributed by atoms with E-state index in [1.165, 1.54) is 54.6 Å². The molecule has 0 unspecified atom stereocenters. The molecule has 1 heterocycles. The molecule has 0 spiro atoms. The molecule has 0 N–H and O–H groups in total. The topological polar surface area (TPSA) is 57.7 Å². The third-order valence-corrected chi connectivity index (χ3v) is 9.64. The van der Waals surface area contributed by atoms with Crippen molar-refractivity contribution < 1.29 is 13.2 Å². The third-order valence-electron chi connectivity index (χ3n) is 8.49. The number of rotatable bonds is 5. The highest BCUT2D eigenvalue weighted by molar-refractivity contribution is 7.92. The third kappa shape index (κ3) is 4.12. The van der Waals surface area contributed by atoms with Crippen LogP contribution < -0.4 is 4.31 Å². The van der Waals surface area contributed by atoms with Gasteiger partial charge in [-0.1, -0.05) is 19.1 Å². The first-order chi connectivity index (χ1) is 14.7. The number of piperidine rings is 1. The monoisotopic (exact) mass is 444 g/mol. The van der Waals surface area contributed by atoms with E-state index < -0.39 is 10.0 Å². The predicted molar refractivity (Wildman–Crippen MR) is 123 cm³/mol. The van der Waals surface area contributed by atoms with Crippen LogP contribution in [0.1, 0.15) is 63.9 Å². The summed E-state index contributed by atoms with van der Waals surface area (Å²) in [5.41, 5.74) is 2.28. The largest absolute Gasteiger partial charge is 0.341 e. The van der Waals surface area contributed by atoms with Crippen molar-refractivity contribution >= 4 is 21.6 Å². The van der Waals surface area contributed by atoms with Crippen LogP contribution in [0.4, 0.5) is 5.69 Å². The lowest BCUT2D eigenvalue weighted by Crippen LogP contribution is -2.48. The summed E-state index contributed by atoms with van der Waals surface area (Å²) in [4.78, 5) is 14.7. The predicted octanol–water partition coefficient (Wildman–Crippen LogP) is 4.18. The van der Waals surface area contributed by atoms with E-state index in [-0.39, 0.29) is 12.5 Å². The number of hydrogen-bond donors (Lipinski definition) is 0. The second-order valence-electron chi connectivity index (χ2n) is 11.1. The van der Waals surface area contributed by atoms with Crippen LogP contribution >= 0.6 is 0 Å². The molecule has 5 aliphatic rings. The molecular formula is C25H36N2O3S. The zero-order valence-electron chi connectivity index (χ0n) is 18.9. The molecule has 1 aliphatic heterocycles. The maximum absolute atomic E-state index is 12.9. The van der Waals surface area contributed by atoms with E-state index >= 15 is 0 Å². The molecule has 0 radical (unpaired) electrons. The van der Waals surface area contributed by atoms with Gasteiger partial charge in [0.2, 0.25) is 15.9 Å². The molecule has 6 rings (SSSR count). The number of amides is 1. The minimum Gasteiger partial charge on any atom is -0.341 e. The standard InChI is InChI=1S/C25H36N2O3S/c1-18-4-3-9-26(16-18)24(28)17-27(31(2,29)30)23-7-5-22(6-8-23)25-13-19-10-20(14-25)12-21(11-19)15-25/h5-8,18-21H,3-4,9-17H2,1-2H3/t18-,19?,20?,21?,25?/m0/s1. The Morgan fingerprint density at radius 3 is 2.16 bits per heavy atom. The Hall–Kier alpha value is -1.56. The summed E-state index contributed by atoms with van der Waals surface area (Å²) in [5, 5.41) is 0. The Morgan fingerprint density at radius 1 is 1.06 bits per heavy atom. The van der Waals surface area contributed by atoms with Gasteiger partial charge in [-0.25, -0.2) is 8.42 Å². The van der Waals surface area contributed by atoms with Crippen molar-refractivity contribution in [2.24, 2.45) is 23.7 Å². The number of carbonyl (C=O) groups excluding carboxylic acids is 1. The van der Waals surface area contributed by atoms with E-state index in [4.69, 9.17) is 0 Å². The Bertz CT molecular complexity index is 905. The van der Waals surface area contributed by atoms with Gasteiger partial charge in [0.25, 0.3) is 0 Å². The minimum absolute atomic E-state index is 0.0952. The number of sulfonamides is 1. The van der Waals surface area contributed by atoms with Gasteiger partial charge in [0.1, 0.15) is 6.54 Å². The molecule has 5 nitrogen and oxygen atoms in total. The van der Waals surface area contributed by atoms with Crippen LogP contribution in [0.5, 0.6) is 0 Å². The fourth-order valence-electron chi connectivity index (χ4n) is 7.48. The quantitative estimate of drug-likeness (QED) is 0.685. The first-order valence-electron chi connectivity index (χ1n) is 12.1. The molecule has 1 atom stereocenters. The lowest BCUT2D eigenvalue weighted by Gasteiger charge is -2.57. The van der Waals surface area contributed by atoms with E-state index in [9.17, 15) is 13.2 Å². The van der Waals surface area contributed by atoms with Crippen molar-refractivity contribution in [1.82, 2.24) is 4.90 Å². The fourth-order valence-corrected chi connectivity index (χ4v) is 8.33. The van der Waals surface area contributed by atoms with Gasteiger partial charge in [0.15, 0.2) is 0 Å². The van der Waals surface area contributed by atoms with Crippen LogP contribution in [0.3, 0.4) is 0 Å². The van der Waals surface area contributed by atoms with Crippen molar-refractivity contribution in [3.63, 3.8) is 0 Å². The molecule has 4 bridgehead atoms. The van der Waals surface area contributed by atoms with E-state index in [1.807, 2.05) is 17.0 Å². The highest BCUT2D eigenvalue weighted by Gasteiger charge is 2.51. The highest BCUT2D eigenvalue weighted by Crippen LogP contribution is 2.60. The zero-order chi connectivity index (χ0) is 21.8. The molecule has 6 heteroatoms. The van der Waals surface area contributed by atoms with Crippen LogP contribution in [0.15, 0.2) is 24.3 Å². The normalized spacial score (nSPS) is 34.7. The van der Waals surface area contributed by atoms with Crippen molar-refractivity contribution in [2.45, 2.75) is 63.7 Å². The maximum Gasteiger partial charge on any atom is 0.243 e.